The first-order valence-electron chi connectivity index (χ1n) is 5.74. The zero-order chi connectivity index (χ0) is 14.0. The Hall–Kier alpha value is -2.43. The summed E-state index contributed by atoms with van der Waals surface area (Å²) in [7, 11) is 0. The van der Waals surface area contributed by atoms with E-state index in [1.54, 1.807) is 13.0 Å². The van der Waals surface area contributed by atoms with Crippen molar-refractivity contribution in [2.45, 2.75) is 13.8 Å². The quantitative estimate of drug-likeness (QED) is 0.833. The van der Waals surface area contributed by atoms with Crippen molar-refractivity contribution in [1.29, 1.82) is 0 Å². The van der Waals surface area contributed by atoms with Crippen molar-refractivity contribution < 1.29 is 14.0 Å². The standard InChI is InChI=1S/C14H13FN2O2/c1-8-3-4-11(15)6-12(8)17-14(19)13-5-10(7-16-13)9(2)18/h3-7,16H,1-2H3,(H,17,19). The van der Waals surface area contributed by atoms with Crippen LogP contribution < -0.4 is 5.32 Å². The number of amides is 1. The summed E-state index contributed by atoms with van der Waals surface area (Å²) in [6.07, 6.45) is 1.47. The summed E-state index contributed by atoms with van der Waals surface area (Å²) in [5.41, 5.74) is 1.85. The summed E-state index contributed by atoms with van der Waals surface area (Å²) in [4.78, 5) is 25.8. The van der Waals surface area contributed by atoms with Crippen LogP contribution in [0.4, 0.5) is 10.1 Å². The number of hydrogen-bond donors (Lipinski definition) is 2. The number of halogens is 1. The summed E-state index contributed by atoms with van der Waals surface area (Å²) in [6.45, 7) is 3.19. The van der Waals surface area contributed by atoms with Gasteiger partial charge in [0.1, 0.15) is 11.5 Å². The van der Waals surface area contributed by atoms with Crippen molar-refractivity contribution in [1.82, 2.24) is 4.98 Å². The Balaban J connectivity index is 2.20. The molecule has 0 spiro atoms. The summed E-state index contributed by atoms with van der Waals surface area (Å²) in [5, 5.41) is 2.60. The molecule has 0 aliphatic rings. The molecule has 1 heterocycles. The number of benzene rings is 1. The highest BCUT2D eigenvalue weighted by Gasteiger charge is 2.12. The van der Waals surface area contributed by atoms with Crippen molar-refractivity contribution in [3.8, 4) is 0 Å². The number of H-pyrrole nitrogens is 1. The fourth-order valence-electron chi connectivity index (χ4n) is 1.65. The largest absolute Gasteiger partial charge is 0.356 e. The van der Waals surface area contributed by atoms with Gasteiger partial charge in [-0.2, -0.15) is 0 Å². The Labute approximate surface area is 109 Å². The molecular formula is C14H13FN2O2. The first-order valence-corrected chi connectivity index (χ1v) is 5.74. The Morgan fingerprint density at radius 3 is 2.63 bits per heavy atom. The molecule has 0 aliphatic heterocycles. The van der Waals surface area contributed by atoms with Crippen LogP contribution in [-0.2, 0) is 0 Å². The third-order valence-electron chi connectivity index (χ3n) is 2.78. The van der Waals surface area contributed by atoms with Gasteiger partial charge in [-0.3, -0.25) is 9.59 Å². The predicted octanol–water partition coefficient (Wildman–Crippen LogP) is 2.92. The number of anilines is 1. The lowest BCUT2D eigenvalue weighted by molar-refractivity contribution is 0.101. The van der Waals surface area contributed by atoms with Crippen molar-refractivity contribution in [2.24, 2.45) is 0 Å². The molecule has 0 saturated heterocycles. The van der Waals surface area contributed by atoms with E-state index in [1.165, 1.54) is 31.3 Å². The number of carbonyl (C=O) groups excluding carboxylic acids is 2. The van der Waals surface area contributed by atoms with Gasteiger partial charge in [-0.25, -0.2) is 4.39 Å². The van der Waals surface area contributed by atoms with E-state index in [2.05, 4.69) is 10.3 Å². The van der Waals surface area contributed by atoms with E-state index in [1.807, 2.05) is 0 Å². The highest BCUT2D eigenvalue weighted by molar-refractivity contribution is 6.05. The fraction of sp³-hybridized carbons (Fsp3) is 0.143. The lowest BCUT2D eigenvalue weighted by Gasteiger charge is -2.07. The van der Waals surface area contributed by atoms with E-state index in [-0.39, 0.29) is 11.5 Å². The topological polar surface area (TPSA) is 62.0 Å². The van der Waals surface area contributed by atoms with Gasteiger partial charge >= 0.3 is 0 Å². The summed E-state index contributed by atoms with van der Waals surface area (Å²) < 4.78 is 13.1. The van der Waals surface area contributed by atoms with Crippen molar-refractivity contribution in [2.75, 3.05) is 5.32 Å². The molecule has 1 aromatic heterocycles. The molecule has 19 heavy (non-hydrogen) atoms. The average Bonchev–Trinajstić information content (AvgIpc) is 2.83. The number of hydrogen-bond acceptors (Lipinski definition) is 2. The highest BCUT2D eigenvalue weighted by atomic mass is 19.1. The second-order valence-corrected chi connectivity index (χ2v) is 4.27. The molecule has 1 amide bonds. The van der Waals surface area contributed by atoms with E-state index >= 15 is 0 Å². The van der Waals surface area contributed by atoms with Crippen molar-refractivity contribution >= 4 is 17.4 Å². The molecule has 1 aromatic carbocycles. The first kappa shape index (κ1) is 13.0. The molecule has 0 fully saturated rings. The number of aromatic amines is 1. The van der Waals surface area contributed by atoms with Crippen LogP contribution in [0.25, 0.3) is 0 Å². The predicted molar refractivity (Wildman–Crippen MR) is 69.9 cm³/mol. The van der Waals surface area contributed by atoms with Crippen LogP contribution in [0.2, 0.25) is 0 Å². The summed E-state index contributed by atoms with van der Waals surface area (Å²) in [6, 6.07) is 5.63. The van der Waals surface area contributed by atoms with Gasteiger partial charge in [-0.1, -0.05) is 6.07 Å². The molecule has 98 valence electrons. The summed E-state index contributed by atoms with van der Waals surface area (Å²) in [5.74, 6) is -0.963. The van der Waals surface area contributed by atoms with Crippen molar-refractivity contribution in [3.05, 3.63) is 53.1 Å². The van der Waals surface area contributed by atoms with E-state index in [0.29, 0.717) is 11.3 Å². The van der Waals surface area contributed by atoms with Gasteiger partial charge in [0.25, 0.3) is 5.91 Å². The fourth-order valence-corrected chi connectivity index (χ4v) is 1.65. The van der Waals surface area contributed by atoms with Gasteiger partial charge < -0.3 is 10.3 Å². The van der Waals surface area contributed by atoms with Gasteiger partial charge in [0.2, 0.25) is 0 Å². The molecule has 5 heteroatoms. The van der Waals surface area contributed by atoms with E-state index < -0.39 is 11.7 Å². The van der Waals surface area contributed by atoms with Crippen LogP contribution in [0.15, 0.2) is 30.5 Å². The molecule has 0 atom stereocenters. The number of Topliss-reactive ketones (excluding diaryl/α,β-unsaturated/α-hetero) is 1. The van der Waals surface area contributed by atoms with Gasteiger partial charge in [0.05, 0.1) is 0 Å². The van der Waals surface area contributed by atoms with Crippen LogP contribution in [-0.4, -0.2) is 16.7 Å². The first-order chi connectivity index (χ1) is 8.97. The second-order valence-electron chi connectivity index (χ2n) is 4.27. The molecule has 4 nitrogen and oxygen atoms in total. The molecule has 2 N–H and O–H groups in total. The van der Waals surface area contributed by atoms with Crippen LogP contribution in [0.1, 0.15) is 33.3 Å². The Kier molecular flexibility index (Phi) is 3.46. The number of carbonyl (C=O) groups is 2. The molecule has 2 rings (SSSR count). The van der Waals surface area contributed by atoms with Crippen LogP contribution in [0, 0.1) is 12.7 Å². The maximum absolute atomic E-state index is 13.1. The molecular weight excluding hydrogens is 247 g/mol. The van der Waals surface area contributed by atoms with E-state index in [0.717, 1.165) is 5.56 Å². The zero-order valence-electron chi connectivity index (χ0n) is 10.6. The molecule has 0 aliphatic carbocycles. The Morgan fingerprint density at radius 2 is 2.00 bits per heavy atom. The lowest BCUT2D eigenvalue weighted by Crippen LogP contribution is -2.13. The van der Waals surface area contributed by atoms with Gasteiger partial charge in [-0.05, 0) is 37.6 Å². The SMILES string of the molecule is CC(=O)c1c[nH]c(C(=O)Nc2cc(F)ccc2C)c1. The van der Waals surface area contributed by atoms with Gasteiger partial charge in [0.15, 0.2) is 5.78 Å². The minimum absolute atomic E-state index is 0.128. The smallest absolute Gasteiger partial charge is 0.272 e. The molecule has 0 unspecified atom stereocenters. The lowest BCUT2D eigenvalue weighted by atomic mass is 10.2. The van der Waals surface area contributed by atoms with E-state index in [9.17, 15) is 14.0 Å². The zero-order valence-corrected chi connectivity index (χ0v) is 10.6. The highest BCUT2D eigenvalue weighted by Crippen LogP contribution is 2.17. The van der Waals surface area contributed by atoms with E-state index in [4.69, 9.17) is 0 Å². The third-order valence-corrected chi connectivity index (χ3v) is 2.78. The molecule has 0 bridgehead atoms. The third kappa shape index (κ3) is 2.88. The maximum Gasteiger partial charge on any atom is 0.272 e. The monoisotopic (exact) mass is 260 g/mol. The van der Waals surface area contributed by atoms with Crippen LogP contribution in [0.5, 0.6) is 0 Å². The molecule has 0 saturated carbocycles. The molecule has 0 radical (unpaired) electrons. The van der Waals surface area contributed by atoms with Gasteiger partial charge in [0, 0.05) is 17.4 Å². The minimum Gasteiger partial charge on any atom is -0.356 e. The van der Waals surface area contributed by atoms with Gasteiger partial charge in [-0.15, -0.1) is 0 Å². The number of aromatic nitrogens is 1. The molecule has 2 aromatic rings. The van der Waals surface area contributed by atoms with Crippen molar-refractivity contribution in [3.63, 3.8) is 0 Å². The number of nitrogens with one attached hydrogen (secondary N) is 2. The average molecular weight is 260 g/mol. The number of aryl methyl sites for hydroxylation is 1. The second kappa shape index (κ2) is 5.06. The normalized spacial score (nSPS) is 10.3. The summed E-state index contributed by atoms with van der Waals surface area (Å²) >= 11 is 0. The maximum atomic E-state index is 13.1. The van der Waals surface area contributed by atoms with Crippen LogP contribution >= 0.6 is 0 Å². The number of ketones is 1. The number of rotatable bonds is 3. The Bertz CT molecular complexity index is 647. The van der Waals surface area contributed by atoms with Crippen LogP contribution in [0.3, 0.4) is 0 Å². The Morgan fingerprint density at radius 1 is 1.26 bits per heavy atom. The minimum atomic E-state index is -0.420.